The van der Waals surface area contributed by atoms with E-state index in [4.69, 9.17) is 13.9 Å². The van der Waals surface area contributed by atoms with Gasteiger partial charge in [0.05, 0.1) is 25.7 Å². The monoisotopic (exact) mass is 407 g/mol. The Kier molecular flexibility index (Phi) is 6.61. The predicted molar refractivity (Wildman–Crippen MR) is 112 cm³/mol. The molecule has 1 aromatic carbocycles. The number of hydrogen-bond donors (Lipinski definition) is 0. The highest BCUT2D eigenvalue weighted by atomic mass is 28.4. The van der Waals surface area contributed by atoms with Gasteiger partial charge in [-0.1, -0.05) is 20.8 Å². The van der Waals surface area contributed by atoms with Gasteiger partial charge >= 0.3 is 5.97 Å². The van der Waals surface area contributed by atoms with Gasteiger partial charge in [0.2, 0.25) is 5.91 Å². The van der Waals surface area contributed by atoms with Crippen LogP contribution in [0.5, 0.6) is 5.75 Å². The number of rotatable bonds is 7. The summed E-state index contributed by atoms with van der Waals surface area (Å²) in [5.74, 6) is -0.367. The maximum atomic E-state index is 13.0. The SMILES string of the molecule is CCOC(=O)[C@H]1[C@@H]([C@@H](C)O[Si](C)(C)C(C)(C)C)C(=O)N1c1ccc(OC)cc1. The third-order valence-corrected chi connectivity index (χ3v) is 10.4. The molecule has 0 aliphatic carbocycles. The van der Waals surface area contributed by atoms with Crippen molar-refractivity contribution in [2.45, 2.75) is 64.9 Å². The summed E-state index contributed by atoms with van der Waals surface area (Å²) in [4.78, 5) is 27.2. The summed E-state index contributed by atoms with van der Waals surface area (Å²) < 4.78 is 16.9. The number of methoxy groups -OCH3 is 1. The highest BCUT2D eigenvalue weighted by Gasteiger charge is 2.57. The van der Waals surface area contributed by atoms with Gasteiger partial charge in [-0.05, 0) is 56.2 Å². The predicted octanol–water partition coefficient (Wildman–Crippen LogP) is 4.00. The van der Waals surface area contributed by atoms with Crippen LogP contribution in [0.15, 0.2) is 24.3 Å². The molecule has 1 aliphatic rings. The molecule has 1 aliphatic heterocycles. The number of esters is 1. The third kappa shape index (κ3) is 4.25. The van der Waals surface area contributed by atoms with Crippen LogP contribution in [0.4, 0.5) is 5.69 Å². The van der Waals surface area contributed by atoms with Crippen molar-refractivity contribution in [2.75, 3.05) is 18.6 Å². The Hall–Kier alpha value is -1.86. The third-order valence-electron chi connectivity index (χ3n) is 5.81. The molecule has 1 amide bonds. The molecule has 0 radical (unpaired) electrons. The van der Waals surface area contributed by atoms with Crippen LogP contribution < -0.4 is 9.64 Å². The lowest BCUT2D eigenvalue weighted by molar-refractivity contribution is -0.157. The fourth-order valence-corrected chi connectivity index (χ4v) is 4.62. The smallest absolute Gasteiger partial charge is 0.330 e. The van der Waals surface area contributed by atoms with E-state index in [1.54, 1.807) is 38.3 Å². The van der Waals surface area contributed by atoms with E-state index >= 15 is 0 Å². The number of ether oxygens (including phenoxy) is 2. The highest BCUT2D eigenvalue weighted by Crippen LogP contribution is 2.42. The van der Waals surface area contributed by atoms with Crippen LogP contribution in [0.2, 0.25) is 18.1 Å². The van der Waals surface area contributed by atoms with Crippen molar-refractivity contribution >= 4 is 25.9 Å². The molecule has 2 rings (SSSR count). The second-order valence-corrected chi connectivity index (χ2v) is 13.5. The molecule has 6 nitrogen and oxygen atoms in total. The van der Waals surface area contributed by atoms with Crippen molar-refractivity contribution in [3.63, 3.8) is 0 Å². The van der Waals surface area contributed by atoms with E-state index in [1.165, 1.54) is 4.90 Å². The van der Waals surface area contributed by atoms with Gasteiger partial charge in [0.25, 0.3) is 0 Å². The molecule has 0 aromatic heterocycles. The molecule has 0 bridgehead atoms. The van der Waals surface area contributed by atoms with E-state index in [-0.39, 0.29) is 23.7 Å². The number of amides is 1. The Bertz CT molecular complexity index is 711. The Morgan fingerprint density at radius 3 is 2.25 bits per heavy atom. The molecule has 156 valence electrons. The zero-order valence-electron chi connectivity index (χ0n) is 18.2. The fourth-order valence-electron chi connectivity index (χ4n) is 3.19. The summed E-state index contributed by atoms with van der Waals surface area (Å²) in [6, 6.07) is 6.42. The minimum atomic E-state index is -2.08. The number of nitrogens with zero attached hydrogens (tertiary/aromatic N) is 1. The van der Waals surface area contributed by atoms with Crippen molar-refractivity contribution in [2.24, 2.45) is 5.92 Å². The molecule has 28 heavy (non-hydrogen) atoms. The first-order chi connectivity index (χ1) is 12.9. The van der Waals surface area contributed by atoms with E-state index in [2.05, 4.69) is 33.9 Å². The van der Waals surface area contributed by atoms with Gasteiger partial charge in [0.15, 0.2) is 8.32 Å². The summed E-state index contributed by atoms with van der Waals surface area (Å²) in [5.41, 5.74) is 0.652. The van der Waals surface area contributed by atoms with Gasteiger partial charge in [-0.15, -0.1) is 0 Å². The van der Waals surface area contributed by atoms with E-state index < -0.39 is 26.2 Å². The van der Waals surface area contributed by atoms with Gasteiger partial charge in [0.1, 0.15) is 11.8 Å². The lowest BCUT2D eigenvalue weighted by atomic mass is 9.82. The maximum Gasteiger partial charge on any atom is 0.330 e. The maximum absolute atomic E-state index is 13.0. The summed E-state index contributed by atoms with van der Waals surface area (Å²) in [5, 5.41) is 0.0170. The minimum absolute atomic E-state index is 0.0170. The van der Waals surface area contributed by atoms with Crippen LogP contribution in [-0.4, -0.2) is 46.1 Å². The van der Waals surface area contributed by atoms with E-state index in [9.17, 15) is 9.59 Å². The molecule has 1 saturated heterocycles. The quantitative estimate of drug-likeness (QED) is 0.388. The van der Waals surface area contributed by atoms with Crippen LogP contribution in [0, 0.1) is 5.92 Å². The van der Waals surface area contributed by atoms with Crippen LogP contribution >= 0.6 is 0 Å². The van der Waals surface area contributed by atoms with Gasteiger partial charge in [0, 0.05) is 5.69 Å². The molecular formula is C21H33NO5Si. The van der Waals surface area contributed by atoms with Crippen molar-refractivity contribution in [3.8, 4) is 5.75 Å². The molecule has 3 atom stereocenters. The zero-order chi connectivity index (χ0) is 21.3. The Morgan fingerprint density at radius 2 is 1.79 bits per heavy atom. The van der Waals surface area contributed by atoms with Crippen molar-refractivity contribution in [1.82, 2.24) is 0 Å². The second-order valence-electron chi connectivity index (χ2n) is 8.71. The second kappa shape index (κ2) is 8.25. The molecule has 0 unspecified atom stereocenters. The van der Waals surface area contributed by atoms with Crippen molar-refractivity contribution in [3.05, 3.63) is 24.3 Å². The average molecular weight is 408 g/mol. The normalized spacial score (nSPS) is 21.1. The molecule has 0 spiro atoms. The number of hydrogen-bond acceptors (Lipinski definition) is 5. The molecule has 7 heteroatoms. The number of carbonyl (C=O) groups is 2. The largest absolute Gasteiger partial charge is 0.497 e. The summed E-state index contributed by atoms with van der Waals surface area (Å²) in [7, 11) is -0.494. The molecule has 1 aromatic rings. The average Bonchev–Trinajstić information content (AvgIpc) is 2.58. The van der Waals surface area contributed by atoms with Crippen LogP contribution in [0.3, 0.4) is 0 Å². The molecular weight excluding hydrogens is 374 g/mol. The van der Waals surface area contributed by atoms with E-state index in [1.807, 2.05) is 6.92 Å². The summed E-state index contributed by atoms with van der Waals surface area (Å²) >= 11 is 0. The first kappa shape index (κ1) is 22.4. The molecule has 0 N–H and O–H groups in total. The van der Waals surface area contributed by atoms with Crippen molar-refractivity contribution < 1.29 is 23.5 Å². The summed E-state index contributed by atoms with van der Waals surface area (Å²) in [6.45, 7) is 14.7. The first-order valence-corrected chi connectivity index (χ1v) is 12.7. The molecule has 0 saturated carbocycles. The standard InChI is InChI=1S/C21H33NO5Si/c1-9-26-20(24)18-17(14(2)27-28(7,8)21(3,4)5)19(23)22(18)15-10-12-16(25-6)13-11-15/h10-14,17-18H,9H2,1-8H3/t14-,17-,18-/m1/s1. The van der Waals surface area contributed by atoms with Gasteiger partial charge in [-0.25, -0.2) is 4.79 Å². The Labute approximate surface area is 169 Å². The number of β-lactam (4-membered cyclic amide) rings is 1. The number of anilines is 1. The lowest BCUT2D eigenvalue weighted by Crippen LogP contribution is -2.69. The van der Waals surface area contributed by atoms with Gasteiger partial charge < -0.3 is 13.9 Å². The van der Waals surface area contributed by atoms with Crippen LogP contribution in [-0.2, 0) is 18.8 Å². The van der Waals surface area contributed by atoms with Crippen LogP contribution in [0.1, 0.15) is 34.6 Å². The lowest BCUT2D eigenvalue weighted by Gasteiger charge is -2.49. The summed E-state index contributed by atoms with van der Waals surface area (Å²) in [6.07, 6.45) is -0.364. The van der Waals surface area contributed by atoms with Crippen LogP contribution in [0.25, 0.3) is 0 Å². The topological polar surface area (TPSA) is 65.1 Å². The Morgan fingerprint density at radius 1 is 1.21 bits per heavy atom. The zero-order valence-corrected chi connectivity index (χ0v) is 19.2. The number of benzene rings is 1. The van der Waals surface area contributed by atoms with Gasteiger partial charge in [-0.2, -0.15) is 0 Å². The van der Waals surface area contributed by atoms with E-state index in [0.29, 0.717) is 11.4 Å². The van der Waals surface area contributed by atoms with Crippen molar-refractivity contribution in [1.29, 1.82) is 0 Å². The molecule has 1 heterocycles. The Balaban J connectivity index is 2.28. The molecule has 1 fully saturated rings. The van der Waals surface area contributed by atoms with Gasteiger partial charge in [-0.3, -0.25) is 9.69 Å². The number of carbonyl (C=O) groups excluding carboxylic acids is 2. The first-order valence-electron chi connectivity index (χ1n) is 9.76. The minimum Gasteiger partial charge on any atom is -0.497 e. The highest BCUT2D eigenvalue weighted by molar-refractivity contribution is 6.74. The van der Waals surface area contributed by atoms with E-state index in [0.717, 1.165) is 0 Å². The fraction of sp³-hybridized carbons (Fsp3) is 0.619.